The SMILES string of the molecule is COc1ccccc1CNC(=O)CC1C=CCC1. The van der Waals surface area contributed by atoms with Gasteiger partial charge in [0, 0.05) is 18.5 Å². The first-order valence-corrected chi connectivity index (χ1v) is 6.35. The molecule has 1 atom stereocenters. The summed E-state index contributed by atoms with van der Waals surface area (Å²) in [7, 11) is 1.64. The van der Waals surface area contributed by atoms with Crippen LogP contribution in [-0.4, -0.2) is 13.0 Å². The van der Waals surface area contributed by atoms with Crippen LogP contribution in [0, 0.1) is 5.92 Å². The Morgan fingerprint density at radius 2 is 2.28 bits per heavy atom. The molecule has 1 unspecified atom stereocenters. The van der Waals surface area contributed by atoms with E-state index in [-0.39, 0.29) is 5.91 Å². The summed E-state index contributed by atoms with van der Waals surface area (Å²) in [5, 5.41) is 2.95. The van der Waals surface area contributed by atoms with Gasteiger partial charge in [0.2, 0.25) is 5.91 Å². The van der Waals surface area contributed by atoms with E-state index in [0.29, 0.717) is 18.9 Å². The lowest BCUT2D eigenvalue weighted by Crippen LogP contribution is -2.24. The highest BCUT2D eigenvalue weighted by molar-refractivity contribution is 5.76. The Hall–Kier alpha value is -1.77. The second kappa shape index (κ2) is 6.24. The molecule has 0 aromatic heterocycles. The first kappa shape index (κ1) is 12.7. The Morgan fingerprint density at radius 1 is 1.44 bits per heavy atom. The molecule has 1 aromatic carbocycles. The third-order valence-corrected chi connectivity index (χ3v) is 3.23. The monoisotopic (exact) mass is 245 g/mol. The maximum absolute atomic E-state index is 11.8. The van der Waals surface area contributed by atoms with E-state index in [1.165, 1.54) is 0 Å². The minimum atomic E-state index is 0.109. The second-order valence-electron chi connectivity index (χ2n) is 4.56. The van der Waals surface area contributed by atoms with Gasteiger partial charge in [-0.2, -0.15) is 0 Å². The van der Waals surface area contributed by atoms with Crippen molar-refractivity contribution in [2.24, 2.45) is 5.92 Å². The number of amides is 1. The molecular weight excluding hydrogens is 226 g/mol. The van der Waals surface area contributed by atoms with Gasteiger partial charge in [-0.25, -0.2) is 0 Å². The van der Waals surface area contributed by atoms with Crippen molar-refractivity contribution >= 4 is 5.91 Å². The lowest BCUT2D eigenvalue weighted by Gasteiger charge is -2.11. The summed E-state index contributed by atoms with van der Waals surface area (Å²) in [4.78, 5) is 11.8. The van der Waals surface area contributed by atoms with Crippen LogP contribution < -0.4 is 10.1 Å². The third-order valence-electron chi connectivity index (χ3n) is 3.23. The normalized spacial score (nSPS) is 17.7. The van der Waals surface area contributed by atoms with Gasteiger partial charge in [0.25, 0.3) is 0 Å². The molecule has 0 aliphatic heterocycles. The van der Waals surface area contributed by atoms with Crippen LogP contribution in [0.4, 0.5) is 0 Å². The Kier molecular flexibility index (Phi) is 4.40. The number of rotatable bonds is 5. The Morgan fingerprint density at radius 3 is 3.00 bits per heavy atom. The largest absolute Gasteiger partial charge is 0.496 e. The van der Waals surface area contributed by atoms with E-state index in [9.17, 15) is 4.79 Å². The van der Waals surface area contributed by atoms with Crippen molar-refractivity contribution < 1.29 is 9.53 Å². The molecule has 1 amide bonds. The van der Waals surface area contributed by atoms with Gasteiger partial charge < -0.3 is 10.1 Å². The Balaban J connectivity index is 1.83. The minimum absolute atomic E-state index is 0.109. The molecule has 18 heavy (non-hydrogen) atoms. The number of ether oxygens (including phenoxy) is 1. The fourth-order valence-corrected chi connectivity index (χ4v) is 2.22. The molecule has 0 spiro atoms. The average Bonchev–Trinajstić information content (AvgIpc) is 2.89. The molecule has 0 saturated heterocycles. The number of nitrogens with one attached hydrogen (secondary N) is 1. The number of carbonyl (C=O) groups excluding carboxylic acids is 1. The number of para-hydroxylation sites is 1. The van der Waals surface area contributed by atoms with Gasteiger partial charge in [0.15, 0.2) is 0 Å². The molecule has 0 bridgehead atoms. The number of hydrogen-bond donors (Lipinski definition) is 1. The number of hydrogen-bond acceptors (Lipinski definition) is 2. The van der Waals surface area contributed by atoms with E-state index in [2.05, 4.69) is 17.5 Å². The summed E-state index contributed by atoms with van der Waals surface area (Å²) < 4.78 is 5.25. The fraction of sp³-hybridized carbons (Fsp3) is 0.400. The Labute approximate surface area is 108 Å². The van der Waals surface area contributed by atoms with E-state index in [1.807, 2.05) is 24.3 Å². The highest BCUT2D eigenvalue weighted by Crippen LogP contribution is 2.20. The molecule has 3 nitrogen and oxygen atoms in total. The number of methoxy groups -OCH3 is 1. The highest BCUT2D eigenvalue weighted by Gasteiger charge is 2.13. The quantitative estimate of drug-likeness (QED) is 0.810. The van der Waals surface area contributed by atoms with Crippen molar-refractivity contribution in [3.8, 4) is 5.75 Å². The molecule has 2 rings (SSSR count). The van der Waals surface area contributed by atoms with Crippen LogP contribution in [0.15, 0.2) is 36.4 Å². The van der Waals surface area contributed by atoms with E-state index < -0.39 is 0 Å². The maximum Gasteiger partial charge on any atom is 0.220 e. The first-order valence-electron chi connectivity index (χ1n) is 6.35. The lowest BCUT2D eigenvalue weighted by molar-refractivity contribution is -0.121. The molecule has 0 radical (unpaired) electrons. The van der Waals surface area contributed by atoms with Crippen molar-refractivity contribution in [1.82, 2.24) is 5.32 Å². The number of allylic oxidation sites excluding steroid dienone is 2. The smallest absolute Gasteiger partial charge is 0.220 e. The fourth-order valence-electron chi connectivity index (χ4n) is 2.22. The van der Waals surface area contributed by atoms with E-state index in [1.54, 1.807) is 7.11 Å². The summed E-state index contributed by atoms with van der Waals surface area (Å²) in [5.41, 5.74) is 1.01. The molecule has 1 N–H and O–H groups in total. The maximum atomic E-state index is 11.8. The van der Waals surface area contributed by atoms with Crippen LogP contribution in [0.5, 0.6) is 5.75 Å². The molecule has 0 saturated carbocycles. The average molecular weight is 245 g/mol. The van der Waals surface area contributed by atoms with Gasteiger partial charge in [-0.15, -0.1) is 0 Å². The van der Waals surface area contributed by atoms with Crippen LogP contribution in [0.1, 0.15) is 24.8 Å². The van der Waals surface area contributed by atoms with Crippen molar-refractivity contribution in [2.45, 2.75) is 25.8 Å². The van der Waals surface area contributed by atoms with Gasteiger partial charge in [-0.3, -0.25) is 4.79 Å². The van der Waals surface area contributed by atoms with Gasteiger partial charge in [0.1, 0.15) is 5.75 Å². The highest BCUT2D eigenvalue weighted by atomic mass is 16.5. The Bertz CT molecular complexity index is 440. The summed E-state index contributed by atoms with van der Waals surface area (Å²) in [6, 6.07) is 7.74. The van der Waals surface area contributed by atoms with Crippen LogP contribution in [0.3, 0.4) is 0 Å². The van der Waals surface area contributed by atoms with Gasteiger partial charge >= 0.3 is 0 Å². The van der Waals surface area contributed by atoms with E-state index in [0.717, 1.165) is 24.2 Å². The van der Waals surface area contributed by atoms with Crippen LogP contribution in [0.2, 0.25) is 0 Å². The van der Waals surface area contributed by atoms with E-state index in [4.69, 9.17) is 4.74 Å². The van der Waals surface area contributed by atoms with E-state index >= 15 is 0 Å². The lowest BCUT2D eigenvalue weighted by atomic mass is 10.0. The molecule has 1 aromatic rings. The van der Waals surface area contributed by atoms with Gasteiger partial charge in [0.05, 0.1) is 7.11 Å². The van der Waals surface area contributed by atoms with Gasteiger partial charge in [-0.05, 0) is 24.8 Å². The topological polar surface area (TPSA) is 38.3 Å². The summed E-state index contributed by atoms with van der Waals surface area (Å²) in [5.74, 6) is 1.35. The third kappa shape index (κ3) is 3.36. The van der Waals surface area contributed by atoms with Crippen molar-refractivity contribution in [3.05, 3.63) is 42.0 Å². The zero-order valence-electron chi connectivity index (χ0n) is 10.7. The number of carbonyl (C=O) groups is 1. The molecule has 1 aliphatic carbocycles. The number of benzene rings is 1. The molecule has 3 heteroatoms. The van der Waals surface area contributed by atoms with Crippen LogP contribution in [-0.2, 0) is 11.3 Å². The zero-order valence-corrected chi connectivity index (χ0v) is 10.7. The summed E-state index contributed by atoms with van der Waals surface area (Å²) >= 11 is 0. The molecular formula is C15H19NO2. The predicted octanol–water partition coefficient (Wildman–Crippen LogP) is 2.67. The van der Waals surface area contributed by atoms with Crippen LogP contribution in [0.25, 0.3) is 0 Å². The summed E-state index contributed by atoms with van der Waals surface area (Å²) in [6.45, 7) is 0.527. The van der Waals surface area contributed by atoms with Crippen LogP contribution >= 0.6 is 0 Å². The van der Waals surface area contributed by atoms with Crippen molar-refractivity contribution in [2.75, 3.05) is 7.11 Å². The minimum Gasteiger partial charge on any atom is -0.496 e. The van der Waals surface area contributed by atoms with Gasteiger partial charge in [-0.1, -0.05) is 30.4 Å². The molecule has 1 aliphatic rings. The molecule has 96 valence electrons. The first-order chi connectivity index (χ1) is 8.79. The predicted molar refractivity (Wildman–Crippen MR) is 71.3 cm³/mol. The molecule has 0 fully saturated rings. The van der Waals surface area contributed by atoms with Crippen molar-refractivity contribution in [3.63, 3.8) is 0 Å². The zero-order chi connectivity index (χ0) is 12.8. The standard InChI is InChI=1S/C15H19NO2/c1-18-14-9-5-4-8-13(14)11-16-15(17)10-12-6-2-3-7-12/h2,4-6,8-9,12H,3,7,10-11H2,1H3,(H,16,17). The van der Waals surface area contributed by atoms with Crippen molar-refractivity contribution in [1.29, 1.82) is 0 Å². The molecule has 0 heterocycles. The summed E-state index contributed by atoms with van der Waals surface area (Å²) in [6.07, 6.45) is 7.08. The second-order valence-corrected chi connectivity index (χ2v) is 4.56.